The lowest BCUT2D eigenvalue weighted by molar-refractivity contribution is 0.0934. The molecular weight excluding hydrogens is 298 g/mol. The number of rotatable bonds is 2. The van der Waals surface area contributed by atoms with E-state index in [0.29, 0.717) is 16.5 Å². The van der Waals surface area contributed by atoms with E-state index in [1.807, 2.05) is 12.1 Å². The van der Waals surface area contributed by atoms with Crippen LogP contribution in [0.25, 0.3) is 0 Å². The lowest BCUT2D eigenvalue weighted by Crippen LogP contribution is -2.33. The van der Waals surface area contributed by atoms with E-state index >= 15 is 0 Å². The second kappa shape index (κ2) is 5.44. The summed E-state index contributed by atoms with van der Waals surface area (Å²) in [6.07, 6.45) is 3.38. The number of amides is 1. The number of carbonyl (C=O) groups is 1. The van der Waals surface area contributed by atoms with Crippen LogP contribution in [0.15, 0.2) is 27.6 Å². The molecule has 1 N–H and O–H groups in total. The number of hydrogen-bond donors (Lipinski definition) is 2. The Bertz CT molecular complexity index is 435. The molecular formula is C13H16BrNOS. The van der Waals surface area contributed by atoms with Gasteiger partial charge in [-0.3, -0.25) is 4.79 Å². The molecule has 1 saturated carbocycles. The molecule has 1 aromatic rings. The standard InChI is InChI=1S/C13H16BrNOS/c1-8-2-4-10(6-8)15-13(16)11-5-3-9(14)7-12(11)17/h3,5,7-8,10,17H,2,4,6H2,1H3,(H,15,16). The van der Waals surface area contributed by atoms with Crippen molar-refractivity contribution in [2.24, 2.45) is 5.92 Å². The predicted molar refractivity (Wildman–Crippen MR) is 75.7 cm³/mol. The Labute approximate surface area is 116 Å². The molecule has 0 saturated heterocycles. The fourth-order valence-electron chi connectivity index (χ4n) is 2.30. The highest BCUT2D eigenvalue weighted by molar-refractivity contribution is 9.10. The summed E-state index contributed by atoms with van der Waals surface area (Å²) in [6.45, 7) is 2.23. The zero-order valence-electron chi connectivity index (χ0n) is 9.74. The van der Waals surface area contributed by atoms with Crippen molar-refractivity contribution in [3.63, 3.8) is 0 Å². The summed E-state index contributed by atoms with van der Waals surface area (Å²) < 4.78 is 0.938. The maximum absolute atomic E-state index is 12.1. The van der Waals surface area contributed by atoms with E-state index in [4.69, 9.17) is 0 Å². The second-order valence-electron chi connectivity index (χ2n) is 4.75. The molecule has 0 aliphatic heterocycles. The lowest BCUT2D eigenvalue weighted by atomic mass is 10.1. The van der Waals surface area contributed by atoms with Gasteiger partial charge >= 0.3 is 0 Å². The highest BCUT2D eigenvalue weighted by Crippen LogP contribution is 2.25. The zero-order chi connectivity index (χ0) is 12.4. The fourth-order valence-corrected chi connectivity index (χ4v) is 3.15. The van der Waals surface area contributed by atoms with Crippen LogP contribution in [0.3, 0.4) is 0 Å². The van der Waals surface area contributed by atoms with Gasteiger partial charge in [-0.1, -0.05) is 22.9 Å². The SMILES string of the molecule is CC1CCC(NC(=O)c2ccc(Br)cc2S)C1. The summed E-state index contributed by atoms with van der Waals surface area (Å²) in [5, 5.41) is 3.08. The van der Waals surface area contributed by atoms with Crippen LogP contribution in [0.1, 0.15) is 36.5 Å². The van der Waals surface area contributed by atoms with Crippen LogP contribution in [0.5, 0.6) is 0 Å². The van der Waals surface area contributed by atoms with Gasteiger partial charge in [0.1, 0.15) is 0 Å². The minimum absolute atomic E-state index is 0.0124. The first kappa shape index (κ1) is 13.0. The average molecular weight is 314 g/mol. The van der Waals surface area contributed by atoms with Crippen LogP contribution in [0.2, 0.25) is 0 Å². The Morgan fingerprint density at radius 2 is 2.24 bits per heavy atom. The second-order valence-corrected chi connectivity index (χ2v) is 6.15. The van der Waals surface area contributed by atoms with Gasteiger partial charge in [0.05, 0.1) is 5.56 Å². The molecule has 92 valence electrons. The first-order valence-corrected chi connectivity index (χ1v) is 7.09. The third-order valence-electron chi connectivity index (χ3n) is 3.23. The van der Waals surface area contributed by atoms with Crippen molar-refractivity contribution in [1.29, 1.82) is 0 Å². The summed E-state index contributed by atoms with van der Waals surface area (Å²) in [6, 6.07) is 5.84. The molecule has 17 heavy (non-hydrogen) atoms. The van der Waals surface area contributed by atoms with Crippen LogP contribution in [-0.2, 0) is 0 Å². The van der Waals surface area contributed by atoms with Gasteiger partial charge in [0.2, 0.25) is 0 Å². The van der Waals surface area contributed by atoms with Crippen LogP contribution < -0.4 is 5.32 Å². The Kier molecular flexibility index (Phi) is 4.15. The predicted octanol–water partition coefficient (Wildman–Crippen LogP) is 3.66. The van der Waals surface area contributed by atoms with Gasteiger partial charge in [-0.25, -0.2) is 0 Å². The summed E-state index contributed by atoms with van der Waals surface area (Å²) in [7, 11) is 0. The van der Waals surface area contributed by atoms with Gasteiger partial charge in [0.15, 0.2) is 0 Å². The minimum Gasteiger partial charge on any atom is -0.349 e. The molecule has 2 nitrogen and oxygen atoms in total. The molecule has 2 rings (SSSR count). The molecule has 0 bridgehead atoms. The first-order chi connectivity index (χ1) is 8.06. The lowest BCUT2D eigenvalue weighted by Gasteiger charge is -2.13. The number of benzene rings is 1. The molecule has 2 atom stereocenters. The topological polar surface area (TPSA) is 29.1 Å². The Hall–Kier alpha value is -0.480. The van der Waals surface area contributed by atoms with Crippen molar-refractivity contribution in [3.05, 3.63) is 28.2 Å². The maximum atomic E-state index is 12.1. The van der Waals surface area contributed by atoms with Gasteiger partial charge in [0, 0.05) is 15.4 Å². The first-order valence-electron chi connectivity index (χ1n) is 5.85. The van der Waals surface area contributed by atoms with Crippen molar-refractivity contribution in [2.75, 3.05) is 0 Å². The molecule has 0 aromatic heterocycles. The van der Waals surface area contributed by atoms with Gasteiger partial charge in [-0.15, -0.1) is 12.6 Å². The van der Waals surface area contributed by atoms with Crippen molar-refractivity contribution >= 4 is 34.5 Å². The summed E-state index contributed by atoms with van der Waals surface area (Å²) in [5.41, 5.74) is 0.649. The molecule has 2 unspecified atom stereocenters. The molecule has 1 aromatic carbocycles. The smallest absolute Gasteiger partial charge is 0.252 e. The molecule has 1 aliphatic rings. The quantitative estimate of drug-likeness (QED) is 0.802. The van der Waals surface area contributed by atoms with E-state index < -0.39 is 0 Å². The molecule has 0 heterocycles. The average Bonchev–Trinajstić information content (AvgIpc) is 2.63. The minimum atomic E-state index is -0.0124. The van der Waals surface area contributed by atoms with E-state index in [-0.39, 0.29) is 5.91 Å². The highest BCUT2D eigenvalue weighted by Gasteiger charge is 2.23. The normalized spacial score (nSPS) is 23.7. The van der Waals surface area contributed by atoms with Crippen LogP contribution in [0.4, 0.5) is 0 Å². The van der Waals surface area contributed by atoms with Crippen LogP contribution in [0, 0.1) is 5.92 Å². The molecule has 4 heteroatoms. The van der Waals surface area contributed by atoms with Gasteiger partial charge < -0.3 is 5.32 Å². The van der Waals surface area contributed by atoms with E-state index in [0.717, 1.165) is 23.2 Å². The Morgan fingerprint density at radius 3 is 2.82 bits per heavy atom. The number of carbonyl (C=O) groups excluding carboxylic acids is 1. The number of hydrogen-bond acceptors (Lipinski definition) is 2. The molecule has 0 radical (unpaired) electrons. The number of thiol groups is 1. The van der Waals surface area contributed by atoms with Crippen molar-refractivity contribution in [3.8, 4) is 0 Å². The third-order valence-corrected chi connectivity index (χ3v) is 4.10. The van der Waals surface area contributed by atoms with Crippen molar-refractivity contribution in [2.45, 2.75) is 37.1 Å². The largest absolute Gasteiger partial charge is 0.349 e. The Balaban J connectivity index is 2.04. The van der Waals surface area contributed by atoms with Crippen molar-refractivity contribution < 1.29 is 4.79 Å². The maximum Gasteiger partial charge on any atom is 0.252 e. The van der Waals surface area contributed by atoms with E-state index in [9.17, 15) is 4.79 Å². The zero-order valence-corrected chi connectivity index (χ0v) is 12.2. The number of halogens is 1. The fraction of sp³-hybridized carbons (Fsp3) is 0.462. The monoisotopic (exact) mass is 313 g/mol. The summed E-state index contributed by atoms with van der Waals surface area (Å²) >= 11 is 7.69. The van der Waals surface area contributed by atoms with Gasteiger partial charge in [0.25, 0.3) is 5.91 Å². The van der Waals surface area contributed by atoms with Crippen LogP contribution in [-0.4, -0.2) is 11.9 Å². The Morgan fingerprint density at radius 1 is 1.47 bits per heavy atom. The van der Waals surface area contributed by atoms with Crippen molar-refractivity contribution in [1.82, 2.24) is 5.32 Å². The molecule has 1 fully saturated rings. The third kappa shape index (κ3) is 3.26. The molecule has 1 aliphatic carbocycles. The molecule has 0 spiro atoms. The van der Waals surface area contributed by atoms with E-state index in [1.54, 1.807) is 6.07 Å². The summed E-state index contributed by atoms with van der Waals surface area (Å²) in [5.74, 6) is 0.710. The highest BCUT2D eigenvalue weighted by atomic mass is 79.9. The van der Waals surface area contributed by atoms with Gasteiger partial charge in [-0.05, 0) is 43.4 Å². The van der Waals surface area contributed by atoms with E-state index in [2.05, 4.69) is 40.8 Å². The van der Waals surface area contributed by atoms with E-state index in [1.165, 1.54) is 6.42 Å². The van der Waals surface area contributed by atoms with Crippen LogP contribution >= 0.6 is 28.6 Å². The molecule has 1 amide bonds. The number of nitrogens with one attached hydrogen (secondary N) is 1. The van der Waals surface area contributed by atoms with Gasteiger partial charge in [-0.2, -0.15) is 0 Å². The summed E-state index contributed by atoms with van der Waals surface area (Å²) in [4.78, 5) is 12.8.